The molecule has 1 saturated carbocycles. The molecule has 0 saturated heterocycles. The Hall–Kier alpha value is -2.89. The first-order chi connectivity index (χ1) is 17.0. The smallest absolute Gasteiger partial charge is 0.253 e. The molecule has 186 valence electrons. The first kappa shape index (κ1) is 26.2. The monoisotopic (exact) mass is 563 g/mol. The second kappa shape index (κ2) is 11.0. The summed E-state index contributed by atoms with van der Waals surface area (Å²) in [5, 5.41) is 0.750. The lowest BCUT2D eigenvalue weighted by molar-refractivity contribution is -0.694. The summed E-state index contributed by atoms with van der Waals surface area (Å²) >= 11 is 6.05. The van der Waals surface area contributed by atoms with Gasteiger partial charge in [-0.3, -0.25) is 4.79 Å². The second-order valence-electron chi connectivity index (χ2n) is 9.58. The van der Waals surface area contributed by atoms with Crippen LogP contribution in [0.1, 0.15) is 47.8 Å². The highest BCUT2D eigenvalue weighted by molar-refractivity contribution is 6.30. The van der Waals surface area contributed by atoms with Crippen LogP contribution in [0, 0.1) is 12.8 Å². The fourth-order valence-electron chi connectivity index (χ4n) is 5.99. The summed E-state index contributed by atoms with van der Waals surface area (Å²) in [7, 11) is 0. The van der Waals surface area contributed by atoms with Crippen LogP contribution in [-0.4, -0.2) is 10.5 Å². The molecule has 2 N–H and O–H groups in total. The molecule has 1 aliphatic carbocycles. The van der Waals surface area contributed by atoms with E-state index in [0.29, 0.717) is 6.04 Å². The molecule has 0 aliphatic heterocycles. The molecule has 4 aromatic rings. The Kier molecular flexibility index (Phi) is 8.01. The molecule has 2 atom stereocenters. The van der Waals surface area contributed by atoms with Gasteiger partial charge in [0.05, 0.1) is 0 Å². The van der Waals surface area contributed by atoms with Gasteiger partial charge in [0.2, 0.25) is 5.91 Å². The highest BCUT2D eigenvalue weighted by atomic mass is 79.9. The quantitative estimate of drug-likeness (QED) is 0.345. The van der Waals surface area contributed by atoms with Gasteiger partial charge < -0.3 is 22.7 Å². The normalized spacial score (nSPS) is 17.5. The molecule has 1 fully saturated rings. The topological polar surface area (TPSA) is 51.9 Å². The molecule has 3 aromatic carbocycles. The summed E-state index contributed by atoms with van der Waals surface area (Å²) in [6.45, 7) is 2.96. The summed E-state index contributed by atoms with van der Waals surface area (Å²) in [6.07, 6.45) is 7.16. The summed E-state index contributed by atoms with van der Waals surface area (Å²) in [6, 6.07) is 28.5. The Balaban J connectivity index is 0.00000304. The maximum atomic E-state index is 13.4. The highest BCUT2D eigenvalue weighted by Crippen LogP contribution is 2.49. The van der Waals surface area contributed by atoms with Crippen molar-refractivity contribution in [2.45, 2.75) is 44.2 Å². The fourth-order valence-corrected chi connectivity index (χ4v) is 6.11. The molecule has 5 rings (SSSR count). The lowest BCUT2D eigenvalue weighted by Crippen LogP contribution is -3.00. The summed E-state index contributed by atoms with van der Waals surface area (Å²) < 4.78 is 4.64. The highest BCUT2D eigenvalue weighted by Gasteiger charge is 2.51. The van der Waals surface area contributed by atoms with Crippen LogP contribution in [0.5, 0.6) is 0 Å². The number of nitrogens with zero attached hydrogens (tertiary/aromatic N) is 2. The number of benzene rings is 3. The summed E-state index contributed by atoms with van der Waals surface area (Å²) in [5.41, 5.74) is 8.59. The van der Waals surface area contributed by atoms with E-state index in [1.54, 1.807) is 0 Å². The number of primary amides is 1. The van der Waals surface area contributed by atoms with Crippen molar-refractivity contribution in [3.05, 3.63) is 125 Å². The predicted octanol–water partition coefficient (Wildman–Crippen LogP) is 2.60. The number of hydrogen-bond acceptors (Lipinski definition) is 1. The molecule has 6 heteroatoms. The molecule has 0 unspecified atom stereocenters. The number of carbonyl (C=O) groups excluding carboxylic acids is 1. The Morgan fingerprint density at radius 2 is 1.56 bits per heavy atom. The van der Waals surface area contributed by atoms with E-state index >= 15 is 0 Å². The standard InChI is InChI=1S/C30H30ClN3O.BrH/c1-22-33(21-23-12-15-27(31)16-13-23)18-19-34(22)28-17-14-26(20-28)30(29(32)35,24-8-4-2-5-9-24)25-10-6-3-7-11-25;/h2-13,15-16,18-19,26,28H,14,17,20-21H2,1H3,(H-,32,35);1H/t26-,28+;/m1./s1. The minimum absolute atomic E-state index is 0. The molecule has 1 heterocycles. The van der Waals surface area contributed by atoms with Crippen LogP contribution in [0.15, 0.2) is 97.3 Å². The van der Waals surface area contributed by atoms with Crippen LogP contribution < -0.4 is 27.3 Å². The van der Waals surface area contributed by atoms with Crippen molar-refractivity contribution in [1.82, 2.24) is 4.57 Å². The lowest BCUT2D eigenvalue weighted by atomic mass is 9.64. The number of halogens is 2. The van der Waals surface area contributed by atoms with Gasteiger partial charge in [0.15, 0.2) is 0 Å². The number of hydrogen-bond donors (Lipinski definition) is 1. The molecule has 4 nitrogen and oxygen atoms in total. The van der Waals surface area contributed by atoms with Gasteiger partial charge >= 0.3 is 0 Å². The molecular formula is C30H31BrClN3O. The molecule has 0 spiro atoms. The third kappa shape index (κ3) is 4.74. The van der Waals surface area contributed by atoms with Gasteiger partial charge in [0, 0.05) is 11.9 Å². The first-order valence-corrected chi connectivity index (χ1v) is 12.6. The van der Waals surface area contributed by atoms with Gasteiger partial charge in [-0.15, -0.1) is 0 Å². The van der Waals surface area contributed by atoms with Gasteiger partial charge in [-0.1, -0.05) is 84.4 Å². The molecular weight excluding hydrogens is 534 g/mol. The van der Waals surface area contributed by atoms with E-state index in [0.717, 1.165) is 42.0 Å². The van der Waals surface area contributed by atoms with Crippen LogP contribution >= 0.6 is 11.6 Å². The third-order valence-electron chi connectivity index (χ3n) is 7.72. The van der Waals surface area contributed by atoms with E-state index < -0.39 is 5.41 Å². The van der Waals surface area contributed by atoms with Crippen LogP contribution in [0.2, 0.25) is 5.02 Å². The van der Waals surface area contributed by atoms with E-state index in [1.165, 1.54) is 11.4 Å². The van der Waals surface area contributed by atoms with E-state index in [4.69, 9.17) is 17.3 Å². The van der Waals surface area contributed by atoms with Gasteiger partial charge in [-0.05, 0) is 54.0 Å². The Bertz CT molecular complexity index is 1270. The van der Waals surface area contributed by atoms with Crippen molar-refractivity contribution in [3.63, 3.8) is 0 Å². The van der Waals surface area contributed by atoms with Crippen molar-refractivity contribution < 1.29 is 26.3 Å². The fraction of sp³-hybridized carbons (Fsp3) is 0.267. The minimum atomic E-state index is -0.850. The van der Waals surface area contributed by atoms with Crippen LogP contribution in [0.3, 0.4) is 0 Å². The zero-order valence-electron chi connectivity index (χ0n) is 20.4. The maximum Gasteiger partial charge on any atom is 0.253 e. The van der Waals surface area contributed by atoms with E-state index in [1.807, 2.05) is 72.8 Å². The molecule has 1 amide bonds. The predicted molar refractivity (Wildman–Crippen MR) is 139 cm³/mol. The molecule has 1 aliphatic rings. The number of imidazole rings is 1. The molecule has 36 heavy (non-hydrogen) atoms. The number of aromatic nitrogens is 2. The molecule has 0 radical (unpaired) electrons. The first-order valence-electron chi connectivity index (χ1n) is 12.2. The lowest BCUT2D eigenvalue weighted by Gasteiger charge is -2.37. The van der Waals surface area contributed by atoms with Gasteiger partial charge in [-0.2, -0.15) is 0 Å². The minimum Gasteiger partial charge on any atom is -1.00 e. The molecule has 1 aromatic heterocycles. The number of nitrogens with two attached hydrogens (primary N) is 1. The third-order valence-corrected chi connectivity index (χ3v) is 7.97. The van der Waals surface area contributed by atoms with E-state index in [9.17, 15) is 4.79 Å². The van der Waals surface area contributed by atoms with E-state index in [2.05, 4.69) is 40.6 Å². The average Bonchev–Trinajstić information content (AvgIpc) is 3.49. The van der Waals surface area contributed by atoms with Crippen molar-refractivity contribution in [3.8, 4) is 0 Å². The Labute approximate surface area is 228 Å². The maximum absolute atomic E-state index is 13.4. The number of amides is 1. The largest absolute Gasteiger partial charge is 1.00 e. The Morgan fingerprint density at radius 1 is 0.972 bits per heavy atom. The Morgan fingerprint density at radius 3 is 2.11 bits per heavy atom. The van der Waals surface area contributed by atoms with Crippen molar-refractivity contribution in [2.75, 3.05) is 0 Å². The van der Waals surface area contributed by atoms with Crippen LogP contribution in [-0.2, 0) is 16.8 Å². The van der Waals surface area contributed by atoms with Crippen LogP contribution in [0.4, 0.5) is 0 Å². The van der Waals surface area contributed by atoms with Gasteiger partial charge in [-0.25, -0.2) is 9.13 Å². The van der Waals surface area contributed by atoms with Crippen LogP contribution in [0.25, 0.3) is 0 Å². The SMILES string of the molecule is Cc1n([C@H]2CC[C@@H](C(C(N)=O)(c3ccccc3)c3ccccc3)C2)cc[n+]1Cc1ccc(Cl)cc1.[Br-]. The van der Waals surface area contributed by atoms with Gasteiger partial charge in [0.25, 0.3) is 5.82 Å². The summed E-state index contributed by atoms with van der Waals surface area (Å²) in [5.74, 6) is 1.04. The zero-order valence-corrected chi connectivity index (χ0v) is 22.7. The number of rotatable bonds is 7. The van der Waals surface area contributed by atoms with E-state index in [-0.39, 0.29) is 28.8 Å². The summed E-state index contributed by atoms with van der Waals surface area (Å²) in [4.78, 5) is 13.4. The van der Waals surface area contributed by atoms with Gasteiger partial charge in [0.1, 0.15) is 30.4 Å². The van der Waals surface area contributed by atoms with Crippen molar-refractivity contribution in [2.24, 2.45) is 11.7 Å². The molecule has 0 bridgehead atoms. The van der Waals surface area contributed by atoms with Crippen molar-refractivity contribution in [1.29, 1.82) is 0 Å². The average molecular weight is 565 g/mol. The zero-order chi connectivity index (χ0) is 24.4. The van der Waals surface area contributed by atoms with Crippen molar-refractivity contribution >= 4 is 17.5 Å². The second-order valence-corrected chi connectivity index (χ2v) is 10.0. The number of carbonyl (C=O) groups is 1.